The summed E-state index contributed by atoms with van der Waals surface area (Å²) in [7, 11) is -0.687. The van der Waals surface area contributed by atoms with Gasteiger partial charge in [0.1, 0.15) is 0 Å². The summed E-state index contributed by atoms with van der Waals surface area (Å²) in [5.74, 6) is 1.69. The van der Waals surface area contributed by atoms with Crippen LogP contribution in [0.25, 0.3) is 0 Å². The number of guanidine groups is 1. The molecule has 0 spiro atoms. The first-order valence-corrected chi connectivity index (χ1v) is 13.5. The number of hydrogen-bond donors (Lipinski definition) is 2. The summed E-state index contributed by atoms with van der Waals surface area (Å²) in [5, 5.41) is 7.35. The Bertz CT molecular complexity index is 697. The van der Waals surface area contributed by atoms with Crippen molar-refractivity contribution in [1.29, 1.82) is 0 Å². The predicted octanol–water partition coefficient (Wildman–Crippen LogP) is 3.45. The number of rotatable bonds is 9. The molecular weight excluding hydrogens is 533 g/mol. The van der Waals surface area contributed by atoms with Crippen molar-refractivity contribution in [1.82, 2.24) is 15.5 Å². The Labute approximate surface area is 214 Å². The molecule has 182 valence electrons. The van der Waals surface area contributed by atoms with Gasteiger partial charge in [0.05, 0.1) is 0 Å². The third kappa shape index (κ3) is 8.82. The number of anilines is 1. The predicted molar refractivity (Wildman–Crippen MR) is 149 cm³/mol. The summed E-state index contributed by atoms with van der Waals surface area (Å²) >= 11 is 0. The van der Waals surface area contributed by atoms with Gasteiger partial charge in [0, 0.05) is 79.3 Å². The Hall–Kier alpha value is -0.870. The van der Waals surface area contributed by atoms with Crippen molar-refractivity contribution < 1.29 is 4.21 Å². The second-order valence-corrected chi connectivity index (χ2v) is 10.6. The van der Waals surface area contributed by atoms with Gasteiger partial charge in [-0.15, -0.1) is 24.0 Å². The first-order valence-electron chi connectivity index (χ1n) is 12.1. The van der Waals surface area contributed by atoms with Gasteiger partial charge in [-0.1, -0.05) is 31.5 Å². The summed E-state index contributed by atoms with van der Waals surface area (Å²) in [5.41, 5.74) is 1.33. The third-order valence-electron chi connectivity index (χ3n) is 6.36. The Morgan fingerprint density at radius 3 is 2.56 bits per heavy atom. The number of nitrogens with zero attached hydrogens (tertiary/aromatic N) is 3. The molecule has 1 aliphatic heterocycles. The standard InChI is InChI=1S/C24H41N5OS.HI/c1-3-25-24(27-21-10-8-13-23(20-21)31(30)4-2)26-14-9-15-28-16-18-29(19-17-28)22-11-6-5-7-12-22;/h5-7,11-12,21,23H,3-4,8-10,13-20H2,1-2H3,(H2,25,26,27);1H. The van der Waals surface area contributed by atoms with E-state index in [1.165, 1.54) is 5.69 Å². The zero-order valence-corrected chi connectivity index (χ0v) is 22.9. The summed E-state index contributed by atoms with van der Waals surface area (Å²) in [4.78, 5) is 9.86. The molecule has 1 aromatic carbocycles. The van der Waals surface area contributed by atoms with Gasteiger partial charge in [0.25, 0.3) is 0 Å². The van der Waals surface area contributed by atoms with E-state index in [0.29, 0.717) is 11.3 Å². The van der Waals surface area contributed by atoms with Gasteiger partial charge >= 0.3 is 0 Å². The van der Waals surface area contributed by atoms with Gasteiger partial charge in [0.15, 0.2) is 5.96 Å². The summed E-state index contributed by atoms with van der Waals surface area (Å²) in [6.45, 7) is 11.4. The Kier molecular flexibility index (Phi) is 12.9. The van der Waals surface area contributed by atoms with Gasteiger partial charge in [-0.2, -0.15) is 0 Å². The SMILES string of the molecule is CCNC(=NCCCN1CCN(c2ccccc2)CC1)NC1CCCC(S(=O)CC)C1.I. The molecule has 6 nitrogen and oxygen atoms in total. The minimum Gasteiger partial charge on any atom is -0.369 e. The van der Waals surface area contributed by atoms with Crippen LogP contribution in [0.3, 0.4) is 0 Å². The molecule has 1 heterocycles. The lowest BCUT2D eigenvalue weighted by molar-refractivity contribution is 0.256. The monoisotopic (exact) mass is 575 g/mol. The van der Waals surface area contributed by atoms with E-state index in [4.69, 9.17) is 4.99 Å². The molecule has 0 aromatic heterocycles. The lowest BCUT2D eigenvalue weighted by atomic mass is 9.95. The summed E-state index contributed by atoms with van der Waals surface area (Å²) in [6, 6.07) is 11.1. The van der Waals surface area contributed by atoms with E-state index in [1.54, 1.807) is 0 Å². The maximum absolute atomic E-state index is 12.2. The number of aliphatic imine (C=N–C) groups is 1. The molecule has 3 rings (SSSR count). The smallest absolute Gasteiger partial charge is 0.191 e. The van der Waals surface area contributed by atoms with E-state index in [1.807, 2.05) is 6.92 Å². The fourth-order valence-corrected chi connectivity index (χ4v) is 5.97. The maximum Gasteiger partial charge on any atom is 0.191 e. The van der Waals surface area contributed by atoms with Crippen LogP contribution >= 0.6 is 24.0 Å². The van der Waals surface area contributed by atoms with Crippen LogP contribution in [0.5, 0.6) is 0 Å². The minimum atomic E-state index is -0.687. The molecule has 1 aromatic rings. The first-order chi connectivity index (χ1) is 15.2. The molecule has 2 aliphatic rings. The molecule has 2 N–H and O–H groups in total. The minimum absolute atomic E-state index is 0. The normalized spacial score (nSPS) is 23.3. The average Bonchev–Trinajstić information content (AvgIpc) is 2.82. The van der Waals surface area contributed by atoms with Crippen LogP contribution < -0.4 is 15.5 Å². The zero-order chi connectivity index (χ0) is 21.9. The largest absolute Gasteiger partial charge is 0.369 e. The van der Waals surface area contributed by atoms with Crippen LogP contribution in [0.4, 0.5) is 5.69 Å². The number of halogens is 1. The Balaban J connectivity index is 0.00000363. The van der Waals surface area contributed by atoms with E-state index in [9.17, 15) is 4.21 Å². The number of para-hydroxylation sites is 1. The molecule has 8 heteroatoms. The molecule has 3 unspecified atom stereocenters. The van der Waals surface area contributed by atoms with Gasteiger partial charge in [0.2, 0.25) is 0 Å². The molecule has 32 heavy (non-hydrogen) atoms. The highest BCUT2D eigenvalue weighted by Crippen LogP contribution is 2.23. The van der Waals surface area contributed by atoms with Gasteiger partial charge in [-0.05, 0) is 44.7 Å². The first kappa shape index (κ1) is 27.4. The number of nitrogens with one attached hydrogen (secondary N) is 2. The average molecular weight is 576 g/mol. The fourth-order valence-electron chi connectivity index (χ4n) is 4.62. The zero-order valence-electron chi connectivity index (χ0n) is 19.8. The molecule has 0 amide bonds. The van der Waals surface area contributed by atoms with E-state index in [0.717, 1.165) is 89.6 Å². The van der Waals surface area contributed by atoms with E-state index in [-0.39, 0.29) is 24.0 Å². The highest BCUT2D eigenvalue weighted by Gasteiger charge is 2.26. The second kappa shape index (κ2) is 15.1. The van der Waals surface area contributed by atoms with Crippen molar-refractivity contribution in [3.63, 3.8) is 0 Å². The lowest BCUT2D eigenvalue weighted by Crippen LogP contribution is -2.47. The third-order valence-corrected chi connectivity index (χ3v) is 8.10. The quantitative estimate of drug-likeness (QED) is 0.205. The molecule has 0 radical (unpaired) electrons. The number of benzene rings is 1. The van der Waals surface area contributed by atoms with Gasteiger partial charge in [-0.25, -0.2) is 0 Å². The Morgan fingerprint density at radius 2 is 1.88 bits per heavy atom. The van der Waals surface area contributed by atoms with Gasteiger partial charge < -0.3 is 15.5 Å². The number of hydrogen-bond acceptors (Lipinski definition) is 4. The summed E-state index contributed by atoms with van der Waals surface area (Å²) in [6.07, 6.45) is 5.48. The number of piperazine rings is 1. The maximum atomic E-state index is 12.2. The molecule has 0 bridgehead atoms. The van der Waals surface area contributed by atoms with Crippen molar-refractivity contribution in [2.24, 2.45) is 4.99 Å². The van der Waals surface area contributed by atoms with Crippen LogP contribution in [0.15, 0.2) is 35.3 Å². The van der Waals surface area contributed by atoms with Crippen molar-refractivity contribution in [2.75, 3.05) is 56.5 Å². The van der Waals surface area contributed by atoms with Crippen molar-refractivity contribution in [2.45, 2.75) is 57.2 Å². The van der Waals surface area contributed by atoms with Crippen LogP contribution in [0.2, 0.25) is 0 Å². The molecule has 2 fully saturated rings. The molecular formula is C24H42IN5OS. The van der Waals surface area contributed by atoms with Crippen LogP contribution in [-0.2, 0) is 10.8 Å². The summed E-state index contributed by atoms with van der Waals surface area (Å²) < 4.78 is 12.2. The van der Waals surface area contributed by atoms with Crippen molar-refractivity contribution in [3.8, 4) is 0 Å². The van der Waals surface area contributed by atoms with E-state index >= 15 is 0 Å². The second-order valence-electron chi connectivity index (χ2n) is 8.58. The molecule has 1 saturated carbocycles. The molecule has 1 aliphatic carbocycles. The topological polar surface area (TPSA) is 60.0 Å². The lowest BCUT2D eigenvalue weighted by Gasteiger charge is -2.36. The molecule has 3 atom stereocenters. The van der Waals surface area contributed by atoms with Crippen LogP contribution in [0, 0.1) is 0 Å². The van der Waals surface area contributed by atoms with Crippen molar-refractivity contribution >= 4 is 46.4 Å². The highest BCUT2D eigenvalue weighted by atomic mass is 127. The van der Waals surface area contributed by atoms with E-state index < -0.39 is 10.8 Å². The Morgan fingerprint density at radius 1 is 1.12 bits per heavy atom. The fraction of sp³-hybridized carbons (Fsp3) is 0.708. The van der Waals surface area contributed by atoms with Crippen LogP contribution in [0.1, 0.15) is 46.0 Å². The van der Waals surface area contributed by atoms with Crippen LogP contribution in [-0.4, -0.2) is 77.9 Å². The van der Waals surface area contributed by atoms with E-state index in [2.05, 4.69) is 57.7 Å². The van der Waals surface area contributed by atoms with Crippen molar-refractivity contribution in [3.05, 3.63) is 30.3 Å². The highest BCUT2D eigenvalue weighted by molar-refractivity contribution is 14.0. The van der Waals surface area contributed by atoms with Gasteiger partial charge in [-0.3, -0.25) is 14.1 Å². The molecule has 1 saturated heterocycles.